The van der Waals surface area contributed by atoms with E-state index < -0.39 is 0 Å². The molecule has 2 rings (SSSR count). The number of rotatable bonds is 3. The van der Waals surface area contributed by atoms with Crippen molar-refractivity contribution in [1.29, 1.82) is 0 Å². The lowest BCUT2D eigenvalue weighted by molar-refractivity contribution is 0.603. The summed E-state index contributed by atoms with van der Waals surface area (Å²) in [7, 11) is 0. The van der Waals surface area contributed by atoms with Crippen LogP contribution in [0.15, 0.2) is 16.3 Å². The largest absolute Gasteiger partial charge is 0.272 e. The fourth-order valence-corrected chi connectivity index (χ4v) is 2.23. The van der Waals surface area contributed by atoms with E-state index in [1.165, 1.54) is 11.3 Å². The topological polar surface area (TPSA) is 43.6 Å². The Labute approximate surface area is 94.1 Å². The molecule has 0 amide bonds. The summed E-state index contributed by atoms with van der Waals surface area (Å²) in [5, 5.41) is 13.1. The first-order chi connectivity index (χ1) is 6.79. The molecule has 0 atom stereocenters. The summed E-state index contributed by atoms with van der Waals surface area (Å²) in [6.45, 7) is 3.07. The van der Waals surface area contributed by atoms with Crippen LogP contribution < -0.4 is 0 Å². The van der Waals surface area contributed by atoms with Crippen LogP contribution in [0, 0.1) is 0 Å². The van der Waals surface area contributed by atoms with Gasteiger partial charge in [-0.05, 0) is 22.4 Å². The highest BCUT2D eigenvalue weighted by molar-refractivity contribution is 9.11. The highest BCUT2D eigenvalue weighted by atomic mass is 79.9. The van der Waals surface area contributed by atoms with E-state index in [2.05, 4.69) is 38.1 Å². The molecule has 6 heteroatoms. The van der Waals surface area contributed by atoms with Crippen LogP contribution in [-0.4, -0.2) is 20.0 Å². The Kier molecular flexibility index (Phi) is 2.93. The number of aryl methyl sites for hydroxylation is 1. The second-order valence-corrected chi connectivity index (χ2v) is 5.11. The third-order valence-electron chi connectivity index (χ3n) is 1.73. The lowest BCUT2D eigenvalue weighted by Crippen LogP contribution is -1.95. The molecule has 0 saturated carbocycles. The Balaban J connectivity index is 2.24. The van der Waals surface area contributed by atoms with Crippen molar-refractivity contribution in [1.82, 2.24) is 20.0 Å². The average molecular weight is 273 g/mol. The minimum atomic E-state index is 0.802. The molecule has 4 nitrogen and oxygen atoms in total. The van der Waals surface area contributed by atoms with E-state index in [0.717, 1.165) is 27.5 Å². The maximum Gasteiger partial charge on any atom is 0.183 e. The third-order valence-corrected chi connectivity index (χ3v) is 3.14. The van der Waals surface area contributed by atoms with E-state index in [1.807, 2.05) is 17.1 Å². The normalized spacial score (nSPS) is 10.7. The van der Waals surface area contributed by atoms with Gasteiger partial charge in [-0.2, -0.15) is 5.10 Å². The van der Waals surface area contributed by atoms with Crippen LogP contribution in [0.4, 0.5) is 0 Å². The van der Waals surface area contributed by atoms with Gasteiger partial charge in [0.2, 0.25) is 0 Å². The van der Waals surface area contributed by atoms with Crippen molar-refractivity contribution in [2.45, 2.75) is 19.9 Å². The Morgan fingerprint density at radius 1 is 1.50 bits per heavy atom. The second-order valence-electron chi connectivity index (χ2n) is 2.85. The van der Waals surface area contributed by atoms with Gasteiger partial charge in [0.15, 0.2) is 8.92 Å². The van der Waals surface area contributed by atoms with Crippen LogP contribution in [0.3, 0.4) is 0 Å². The van der Waals surface area contributed by atoms with Crippen LogP contribution >= 0.6 is 27.3 Å². The molecule has 0 spiro atoms. The standard InChI is InChI=1S/C8H9BrN4S/c1-2-3-13-5-6(4-10-13)7-11-12-8(9)14-7/h4-5H,2-3H2,1H3. The van der Waals surface area contributed by atoms with Gasteiger partial charge in [0.1, 0.15) is 0 Å². The molecule has 14 heavy (non-hydrogen) atoms. The van der Waals surface area contributed by atoms with Crippen molar-refractivity contribution < 1.29 is 0 Å². The third kappa shape index (κ3) is 2.01. The SMILES string of the molecule is CCCn1cc(-c2nnc(Br)s2)cn1. The van der Waals surface area contributed by atoms with Gasteiger partial charge in [0.05, 0.1) is 11.8 Å². The molecule has 0 aliphatic carbocycles. The zero-order valence-electron chi connectivity index (χ0n) is 7.64. The molecule has 0 N–H and O–H groups in total. The number of hydrogen-bond donors (Lipinski definition) is 0. The Hall–Kier alpha value is -0.750. The summed E-state index contributed by atoms with van der Waals surface area (Å²) < 4.78 is 2.72. The molecular formula is C8H9BrN4S. The van der Waals surface area contributed by atoms with E-state index in [9.17, 15) is 0 Å². The Morgan fingerprint density at radius 2 is 2.36 bits per heavy atom. The van der Waals surface area contributed by atoms with Gasteiger partial charge in [-0.1, -0.05) is 18.3 Å². The Morgan fingerprint density at radius 3 is 3.00 bits per heavy atom. The number of nitrogens with zero attached hydrogens (tertiary/aromatic N) is 4. The summed E-state index contributed by atoms with van der Waals surface area (Å²) in [5.74, 6) is 0. The van der Waals surface area contributed by atoms with Gasteiger partial charge < -0.3 is 0 Å². The molecule has 2 heterocycles. The van der Waals surface area contributed by atoms with Crippen LogP contribution in [0.25, 0.3) is 10.6 Å². The number of hydrogen-bond acceptors (Lipinski definition) is 4. The van der Waals surface area contributed by atoms with Crippen molar-refractivity contribution >= 4 is 27.3 Å². The molecular weight excluding hydrogens is 264 g/mol. The predicted molar refractivity (Wildman–Crippen MR) is 59.1 cm³/mol. The lowest BCUT2D eigenvalue weighted by atomic mass is 10.4. The molecule has 0 radical (unpaired) electrons. The van der Waals surface area contributed by atoms with E-state index in [4.69, 9.17) is 0 Å². The highest BCUT2D eigenvalue weighted by Gasteiger charge is 2.06. The quantitative estimate of drug-likeness (QED) is 0.863. The average Bonchev–Trinajstić information content (AvgIpc) is 2.74. The first-order valence-electron chi connectivity index (χ1n) is 4.31. The molecule has 0 bridgehead atoms. The molecule has 0 aromatic carbocycles. The van der Waals surface area contributed by atoms with Gasteiger partial charge in [-0.3, -0.25) is 4.68 Å². The number of halogens is 1. The van der Waals surface area contributed by atoms with Crippen LogP contribution in [-0.2, 0) is 6.54 Å². The smallest absolute Gasteiger partial charge is 0.183 e. The van der Waals surface area contributed by atoms with E-state index in [1.54, 1.807) is 0 Å². The van der Waals surface area contributed by atoms with E-state index in [0.29, 0.717) is 0 Å². The monoisotopic (exact) mass is 272 g/mol. The van der Waals surface area contributed by atoms with E-state index >= 15 is 0 Å². The molecule has 0 unspecified atom stereocenters. The first kappa shape index (κ1) is 9.79. The van der Waals surface area contributed by atoms with Crippen molar-refractivity contribution in [3.05, 3.63) is 16.3 Å². The summed E-state index contributed by atoms with van der Waals surface area (Å²) >= 11 is 4.80. The van der Waals surface area contributed by atoms with Gasteiger partial charge in [-0.15, -0.1) is 10.2 Å². The van der Waals surface area contributed by atoms with Crippen molar-refractivity contribution in [3.63, 3.8) is 0 Å². The maximum atomic E-state index is 4.23. The van der Waals surface area contributed by atoms with Crippen LogP contribution in [0.5, 0.6) is 0 Å². The minimum Gasteiger partial charge on any atom is -0.272 e. The zero-order valence-corrected chi connectivity index (χ0v) is 10.0. The summed E-state index contributed by atoms with van der Waals surface area (Å²) in [6, 6.07) is 0. The van der Waals surface area contributed by atoms with Crippen LogP contribution in [0.2, 0.25) is 0 Å². The Bertz CT molecular complexity index is 422. The first-order valence-corrected chi connectivity index (χ1v) is 5.92. The summed E-state index contributed by atoms with van der Waals surface area (Å²) in [6.07, 6.45) is 4.90. The fraction of sp³-hybridized carbons (Fsp3) is 0.375. The van der Waals surface area contributed by atoms with Gasteiger partial charge in [-0.25, -0.2) is 0 Å². The van der Waals surface area contributed by atoms with Gasteiger partial charge in [0.25, 0.3) is 0 Å². The molecule has 2 aromatic rings. The number of aromatic nitrogens is 4. The predicted octanol–water partition coefficient (Wildman–Crippen LogP) is 2.57. The summed E-state index contributed by atoms with van der Waals surface area (Å²) in [4.78, 5) is 0. The molecule has 0 saturated heterocycles. The summed E-state index contributed by atoms with van der Waals surface area (Å²) in [5.41, 5.74) is 1.03. The van der Waals surface area contributed by atoms with Crippen molar-refractivity contribution in [3.8, 4) is 10.6 Å². The second kappa shape index (κ2) is 4.18. The van der Waals surface area contributed by atoms with Crippen molar-refractivity contribution in [2.24, 2.45) is 0 Å². The highest BCUT2D eigenvalue weighted by Crippen LogP contribution is 2.25. The lowest BCUT2D eigenvalue weighted by Gasteiger charge is -1.93. The molecule has 0 fully saturated rings. The minimum absolute atomic E-state index is 0.802. The van der Waals surface area contributed by atoms with Gasteiger partial charge >= 0.3 is 0 Å². The van der Waals surface area contributed by atoms with Crippen molar-refractivity contribution in [2.75, 3.05) is 0 Å². The van der Waals surface area contributed by atoms with Gasteiger partial charge in [0, 0.05) is 12.7 Å². The molecule has 74 valence electrons. The molecule has 0 aliphatic heterocycles. The maximum absolute atomic E-state index is 4.23. The van der Waals surface area contributed by atoms with E-state index in [-0.39, 0.29) is 0 Å². The van der Waals surface area contributed by atoms with Crippen LogP contribution in [0.1, 0.15) is 13.3 Å². The fourth-order valence-electron chi connectivity index (χ4n) is 1.15. The molecule has 2 aromatic heterocycles. The molecule has 0 aliphatic rings. The zero-order chi connectivity index (χ0) is 9.97.